The predicted molar refractivity (Wildman–Crippen MR) is 83.5 cm³/mol. The maximum atomic E-state index is 11.1. The van der Waals surface area contributed by atoms with Crippen molar-refractivity contribution in [3.8, 4) is 0 Å². The van der Waals surface area contributed by atoms with Crippen LogP contribution in [0.15, 0.2) is 17.5 Å². The van der Waals surface area contributed by atoms with E-state index in [4.69, 9.17) is 5.11 Å². The highest BCUT2D eigenvalue weighted by Crippen LogP contribution is 2.28. The minimum atomic E-state index is -0.798. The summed E-state index contributed by atoms with van der Waals surface area (Å²) >= 11 is 1.58. The van der Waals surface area contributed by atoms with Crippen molar-refractivity contribution in [3.05, 3.63) is 39.3 Å². The fourth-order valence-electron chi connectivity index (χ4n) is 2.71. The topological polar surface area (TPSA) is 67.2 Å². The number of aromatic nitrogens is 2. The monoisotopic (exact) mass is 307 g/mol. The maximum Gasteiger partial charge on any atom is 0.305 e. The maximum absolute atomic E-state index is 11.1. The molecule has 0 radical (unpaired) electrons. The molecule has 5 nitrogen and oxygen atoms in total. The molecule has 0 saturated carbocycles. The Morgan fingerprint density at radius 3 is 2.71 bits per heavy atom. The highest BCUT2D eigenvalue weighted by molar-refractivity contribution is 7.10. The third-order valence-electron chi connectivity index (χ3n) is 3.71. The number of thiophene rings is 1. The van der Waals surface area contributed by atoms with Crippen LogP contribution >= 0.6 is 11.3 Å². The molecule has 0 spiro atoms. The number of carboxylic acid groups (broad SMARTS) is 1. The van der Waals surface area contributed by atoms with Crippen molar-refractivity contribution in [2.24, 2.45) is 7.05 Å². The first-order chi connectivity index (χ1) is 9.90. The Bertz CT molecular complexity index is 619. The van der Waals surface area contributed by atoms with E-state index in [1.807, 2.05) is 43.1 Å². The van der Waals surface area contributed by atoms with Crippen molar-refractivity contribution >= 4 is 17.3 Å². The number of rotatable bonds is 6. The molecule has 2 aromatic heterocycles. The van der Waals surface area contributed by atoms with Crippen molar-refractivity contribution in [3.63, 3.8) is 0 Å². The predicted octanol–water partition coefficient (Wildman–Crippen LogP) is 2.97. The lowest BCUT2D eigenvalue weighted by atomic mass is 10.0. The van der Waals surface area contributed by atoms with Gasteiger partial charge in [-0.15, -0.1) is 11.3 Å². The van der Waals surface area contributed by atoms with Gasteiger partial charge in [0.1, 0.15) is 0 Å². The molecular weight excluding hydrogens is 286 g/mol. The molecule has 2 atom stereocenters. The number of hydrogen-bond donors (Lipinski definition) is 2. The van der Waals surface area contributed by atoms with Gasteiger partial charge in [0.2, 0.25) is 0 Å². The van der Waals surface area contributed by atoms with E-state index in [0.29, 0.717) is 0 Å². The van der Waals surface area contributed by atoms with Gasteiger partial charge in [-0.1, -0.05) is 6.07 Å². The first kappa shape index (κ1) is 15.7. The van der Waals surface area contributed by atoms with Crippen LogP contribution in [-0.4, -0.2) is 20.9 Å². The smallest absolute Gasteiger partial charge is 0.305 e. The molecule has 0 saturated heterocycles. The number of nitrogens with zero attached hydrogens (tertiary/aromatic N) is 2. The van der Waals surface area contributed by atoms with Gasteiger partial charge in [-0.25, -0.2) is 0 Å². The van der Waals surface area contributed by atoms with E-state index in [1.165, 1.54) is 0 Å². The standard InChI is InChI=1S/C15H21N3O2S/c1-9(15-10(2)17-18(4)11(15)3)16-12(8-14(19)20)13-6-5-7-21-13/h5-7,9,12,16H,8H2,1-4H3,(H,19,20). The molecule has 0 amide bonds. The Hall–Kier alpha value is -1.66. The van der Waals surface area contributed by atoms with Gasteiger partial charge >= 0.3 is 5.97 Å². The van der Waals surface area contributed by atoms with Gasteiger partial charge in [0.05, 0.1) is 18.2 Å². The van der Waals surface area contributed by atoms with Gasteiger partial charge < -0.3 is 10.4 Å². The number of aryl methyl sites for hydroxylation is 2. The summed E-state index contributed by atoms with van der Waals surface area (Å²) in [7, 11) is 1.92. The second kappa shape index (κ2) is 6.41. The second-order valence-corrected chi connectivity index (χ2v) is 6.24. The molecule has 2 aromatic rings. The molecular formula is C15H21N3O2S. The lowest BCUT2D eigenvalue weighted by Crippen LogP contribution is -2.26. The van der Waals surface area contributed by atoms with E-state index in [-0.39, 0.29) is 18.5 Å². The van der Waals surface area contributed by atoms with E-state index in [9.17, 15) is 4.79 Å². The Balaban J connectivity index is 2.22. The largest absolute Gasteiger partial charge is 0.481 e. The molecule has 0 aliphatic rings. The Kier molecular flexibility index (Phi) is 4.80. The molecule has 2 unspecified atom stereocenters. The fourth-order valence-corrected chi connectivity index (χ4v) is 3.49. The van der Waals surface area contributed by atoms with Crippen molar-refractivity contribution < 1.29 is 9.90 Å². The summed E-state index contributed by atoms with van der Waals surface area (Å²) in [4.78, 5) is 12.2. The van der Waals surface area contributed by atoms with Gasteiger partial charge in [0.25, 0.3) is 0 Å². The van der Waals surface area contributed by atoms with Crippen LogP contribution in [0.1, 0.15) is 47.3 Å². The molecule has 114 valence electrons. The molecule has 0 aromatic carbocycles. The van der Waals surface area contributed by atoms with Crippen LogP contribution in [0.4, 0.5) is 0 Å². The van der Waals surface area contributed by atoms with Crippen LogP contribution < -0.4 is 5.32 Å². The van der Waals surface area contributed by atoms with Crippen LogP contribution in [0.5, 0.6) is 0 Å². The Morgan fingerprint density at radius 1 is 1.52 bits per heavy atom. The zero-order valence-electron chi connectivity index (χ0n) is 12.8. The Morgan fingerprint density at radius 2 is 2.24 bits per heavy atom. The third-order valence-corrected chi connectivity index (χ3v) is 4.70. The molecule has 2 heterocycles. The van der Waals surface area contributed by atoms with E-state index in [0.717, 1.165) is 21.8 Å². The van der Waals surface area contributed by atoms with E-state index < -0.39 is 5.97 Å². The lowest BCUT2D eigenvalue weighted by molar-refractivity contribution is -0.137. The minimum absolute atomic E-state index is 0.0464. The number of nitrogens with one attached hydrogen (secondary N) is 1. The summed E-state index contributed by atoms with van der Waals surface area (Å²) in [5.41, 5.74) is 3.23. The Labute approximate surface area is 128 Å². The second-order valence-electron chi connectivity index (χ2n) is 5.26. The molecule has 0 fully saturated rings. The summed E-state index contributed by atoms with van der Waals surface area (Å²) in [6.45, 7) is 6.07. The minimum Gasteiger partial charge on any atom is -0.481 e. The van der Waals surface area contributed by atoms with Crippen molar-refractivity contribution in [1.82, 2.24) is 15.1 Å². The number of carboxylic acids is 1. The highest BCUT2D eigenvalue weighted by Gasteiger charge is 2.22. The molecule has 2 N–H and O–H groups in total. The normalized spacial score (nSPS) is 14.1. The summed E-state index contributed by atoms with van der Waals surface area (Å²) < 4.78 is 1.86. The zero-order chi connectivity index (χ0) is 15.6. The molecule has 0 aliphatic carbocycles. The molecule has 0 aliphatic heterocycles. The van der Waals surface area contributed by atoms with Crippen molar-refractivity contribution in [1.29, 1.82) is 0 Å². The van der Waals surface area contributed by atoms with Gasteiger partial charge in [-0.2, -0.15) is 5.10 Å². The van der Waals surface area contributed by atoms with Gasteiger partial charge in [-0.05, 0) is 32.2 Å². The quantitative estimate of drug-likeness (QED) is 0.861. The van der Waals surface area contributed by atoms with Gasteiger partial charge in [-0.3, -0.25) is 9.48 Å². The molecule has 0 bridgehead atoms. The van der Waals surface area contributed by atoms with Gasteiger partial charge in [0, 0.05) is 29.2 Å². The van der Waals surface area contributed by atoms with Crippen LogP contribution in [-0.2, 0) is 11.8 Å². The number of carbonyl (C=O) groups is 1. The lowest BCUT2D eigenvalue weighted by Gasteiger charge is -2.22. The summed E-state index contributed by atoms with van der Waals surface area (Å²) in [6.07, 6.45) is 0.0726. The number of hydrogen-bond acceptors (Lipinski definition) is 4. The molecule has 21 heavy (non-hydrogen) atoms. The van der Waals surface area contributed by atoms with Crippen LogP contribution in [0.2, 0.25) is 0 Å². The average Bonchev–Trinajstić information content (AvgIpc) is 2.98. The molecule has 2 rings (SSSR count). The first-order valence-electron chi connectivity index (χ1n) is 6.91. The van der Waals surface area contributed by atoms with E-state index in [2.05, 4.69) is 17.3 Å². The first-order valence-corrected chi connectivity index (χ1v) is 7.79. The van der Waals surface area contributed by atoms with E-state index >= 15 is 0 Å². The fraction of sp³-hybridized carbons (Fsp3) is 0.467. The van der Waals surface area contributed by atoms with Crippen LogP contribution in [0, 0.1) is 13.8 Å². The SMILES string of the molecule is Cc1nn(C)c(C)c1C(C)NC(CC(=O)O)c1cccs1. The summed E-state index contributed by atoms with van der Waals surface area (Å²) in [5, 5.41) is 19.0. The van der Waals surface area contributed by atoms with Crippen LogP contribution in [0.25, 0.3) is 0 Å². The highest BCUT2D eigenvalue weighted by atomic mass is 32.1. The zero-order valence-corrected chi connectivity index (χ0v) is 13.6. The van der Waals surface area contributed by atoms with Gasteiger partial charge in [0.15, 0.2) is 0 Å². The average molecular weight is 307 g/mol. The van der Waals surface area contributed by atoms with Crippen molar-refractivity contribution in [2.45, 2.75) is 39.3 Å². The van der Waals surface area contributed by atoms with E-state index in [1.54, 1.807) is 11.3 Å². The van der Waals surface area contributed by atoms with Crippen molar-refractivity contribution in [2.75, 3.05) is 0 Å². The summed E-state index contributed by atoms with van der Waals surface area (Å²) in [6, 6.07) is 3.78. The number of aliphatic carboxylic acids is 1. The van der Waals surface area contributed by atoms with Crippen LogP contribution in [0.3, 0.4) is 0 Å². The summed E-state index contributed by atoms with van der Waals surface area (Å²) in [5.74, 6) is -0.798. The third kappa shape index (κ3) is 3.51. The molecule has 6 heteroatoms.